The van der Waals surface area contributed by atoms with Crippen molar-refractivity contribution < 1.29 is 4.42 Å². The van der Waals surface area contributed by atoms with Crippen molar-refractivity contribution in [2.24, 2.45) is 0 Å². The number of para-hydroxylation sites is 2. The Balaban J connectivity index is 1.06. The summed E-state index contributed by atoms with van der Waals surface area (Å²) in [7, 11) is 0. The van der Waals surface area contributed by atoms with Crippen LogP contribution in [-0.4, -0.2) is 24.5 Å². The zero-order valence-corrected chi connectivity index (χ0v) is 36.7. The van der Waals surface area contributed by atoms with Gasteiger partial charge in [-0.3, -0.25) is 4.98 Å². The van der Waals surface area contributed by atoms with Crippen LogP contribution in [0.3, 0.4) is 0 Å². The summed E-state index contributed by atoms with van der Waals surface area (Å²) >= 11 is 0. The zero-order valence-electron chi connectivity index (χ0n) is 36.7. The highest BCUT2D eigenvalue weighted by atomic mass is 16.3. The molecular weight excluding hydrogens is 831 g/mol. The zero-order chi connectivity index (χ0) is 45.0. The maximum Gasteiger partial charge on any atom is 0.166 e. The Bertz CT molecular complexity index is 3940. The van der Waals surface area contributed by atoms with E-state index in [9.17, 15) is 0 Å². The Kier molecular flexibility index (Phi) is 9.39. The molecule has 0 radical (unpaired) electrons. The van der Waals surface area contributed by atoms with Crippen LogP contribution in [0.1, 0.15) is 0 Å². The van der Waals surface area contributed by atoms with Gasteiger partial charge in [-0.1, -0.05) is 170 Å². The summed E-state index contributed by atoms with van der Waals surface area (Å²) in [6.07, 6.45) is 1.99. The molecule has 0 amide bonds. The maximum absolute atomic E-state index is 6.87. The lowest BCUT2D eigenvalue weighted by atomic mass is 9.90. The molecule has 9 aromatic carbocycles. The highest BCUT2D eigenvalue weighted by Crippen LogP contribution is 2.44. The summed E-state index contributed by atoms with van der Waals surface area (Å²) in [5, 5.41) is 4.26. The minimum atomic E-state index is 0.523. The van der Waals surface area contributed by atoms with Gasteiger partial charge in [0.05, 0.1) is 22.1 Å². The van der Waals surface area contributed by atoms with Gasteiger partial charge in [0.1, 0.15) is 11.2 Å². The Morgan fingerprint density at radius 2 is 0.912 bits per heavy atom. The largest absolute Gasteiger partial charge is 0.455 e. The lowest BCUT2D eigenvalue weighted by Gasteiger charge is -2.16. The molecular formula is C62H39N5O. The Hall–Kier alpha value is -9.26. The number of benzene rings is 9. The van der Waals surface area contributed by atoms with Crippen LogP contribution in [0.4, 0.5) is 0 Å². The van der Waals surface area contributed by atoms with E-state index < -0.39 is 0 Å². The first-order chi connectivity index (χ1) is 33.7. The molecule has 13 aromatic rings. The van der Waals surface area contributed by atoms with Crippen molar-refractivity contribution in [1.29, 1.82) is 0 Å². The summed E-state index contributed by atoms with van der Waals surface area (Å²) in [6.45, 7) is 0. The summed E-state index contributed by atoms with van der Waals surface area (Å²) < 4.78 is 9.19. The van der Waals surface area contributed by atoms with Crippen LogP contribution in [0.5, 0.6) is 0 Å². The minimum absolute atomic E-state index is 0.523. The van der Waals surface area contributed by atoms with Crippen molar-refractivity contribution in [3.05, 3.63) is 237 Å². The van der Waals surface area contributed by atoms with Gasteiger partial charge < -0.3 is 8.98 Å². The first kappa shape index (κ1) is 39.1. The van der Waals surface area contributed by atoms with Crippen LogP contribution in [0.15, 0.2) is 241 Å². The Morgan fingerprint density at radius 1 is 0.338 bits per heavy atom. The van der Waals surface area contributed by atoms with E-state index in [4.69, 9.17) is 24.4 Å². The molecule has 0 fully saturated rings. The third-order valence-electron chi connectivity index (χ3n) is 12.9. The van der Waals surface area contributed by atoms with Crippen molar-refractivity contribution in [2.45, 2.75) is 0 Å². The number of furan rings is 1. The molecule has 13 rings (SSSR count). The molecule has 0 aliphatic rings. The molecule has 4 heterocycles. The van der Waals surface area contributed by atoms with Crippen LogP contribution < -0.4 is 0 Å². The molecule has 68 heavy (non-hydrogen) atoms. The second kappa shape index (κ2) is 16.3. The molecule has 0 unspecified atom stereocenters. The molecule has 318 valence electrons. The molecule has 0 spiro atoms. The topological polar surface area (TPSA) is 69.6 Å². The molecule has 0 aliphatic carbocycles. The number of nitrogens with zero attached hydrogens (tertiary/aromatic N) is 5. The van der Waals surface area contributed by atoms with Crippen LogP contribution in [0, 0.1) is 0 Å². The predicted molar refractivity (Wildman–Crippen MR) is 277 cm³/mol. The van der Waals surface area contributed by atoms with Gasteiger partial charge in [0, 0.05) is 55.9 Å². The lowest BCUT2D eigenvalue weighted by molar-refractivity contribution is 0.673. The average molecular weight is 870 g/mol. The van der Waals surface area contributed by atoms with E-state index in [2.05, 4.69) is 174 Å². The lowest BCUT2D eigenvalue weighted by Crippen LogP contribution is -2.02. The van der Waals surface area contributed by atoms with E-state index >= 15 is 0 Å². The van der Waals surface area contributed by atoms with Crippen LogP contribution in [0.2, 0.25) is 0 Å². The second-order valence-corrected chi connectivity index (χ2v) is 17.0. The highest BCUT2D eigenvalue weighted by molar-refractivity contribution is 6.24. The van der Waals surface area contributed by atoms with Gasteiger partial charge in [-0.2, -0.15) is 0 Å². The molecule has 6 nitrogen and oxygen atoms in total. The fourth-order valence-corrected chi connectivity index (χ4v) is 9.69. The van der Waals surface area contributed by atoms with Crippen LogP contribution >= 0.6 is 0 Å². The Morgan fingerprint density at radius 3 is 1.60 bits per heavy atom. The maximum atomic E-state index is 6.87. The quantitative estimate of drug-likeness (QED) is 0.152. The smallest absolute Gasteiger partial charge is 0.166 e. The number of aromatic nitrogens is 5. The van der Waals surface area contributed by atoms with E-state index in [1.54, 1.807) is 0 Å². The van der Waals surface area contributed by atoms with Gasteiger partial charge in [-0.15, -0.1) is 0 Å². The molecule has 6 heteroatoms. The average Bonchev–Trinajstić information content (AvgIpc) is 3.97. The minimum Gasteiger partial charge on any atom is -0.455 e. The van der Waals surface area contributed by atoms with E-state index in [1.807, 2.05) is 66.9 Å². The summed E-state index contributed by atoms with van der Waals surface area (Å²) in [5.41, 5.74) is 15.7. The Labute approximate surface area is 392 Å². The summed E-state index contributed by atoms with van der Waals surface area (Å²) in [4.78, 5) is 21.0. The molecule has 0 saturated carbocycles. The number of hydrogen-bond donors (Lipinski definition) is 0. The number of fused-ring (bicyclic) bond motifs is 7. The van der Waals surface area contributed by atoms with Gasteiger partial charge in [-0.05, 0) is 88.5 Å². The number of hydrogen-bond acceptors (Lipinski definition) is 5. The van der Waals surface area contributed by atoms with Crippen molar-refractivity contribution in [2.75, 3.05) is 0 Å². The van der Waals surface area contributed by atoms with Crippen molar-refractivity contribution in [3.63, 3.8) is 0 Å². The number of rotatable bonds is 8. The predicted octanol–water partition coefficient (Wildman–Crippen LogP) is 15.9. The molecule has 0 bridgehead atoms. The van der Waals surface area contributed by atoms with Crippen molar-refractivity contribution in [3.8, 4) is 84.5 Å². The molecule has 0 atom stereocenters. The third-order valence-corrected chi connectivity index (χ3v) is 12.9. The fraction of sp³-hybridized carbons (Fsp3) is 0. The molecule has 4 aromatic heterocycles. The van der Waals surface area contributed by atoms with E-state index in [-0.39, 0.29) is 0 Å². The van der Waals surface area contributed by atoms with Gasteiger partial charge >= 0.3 is 0 Å². The van der Waals surface area contributed by atoms with Gasteiger partial charge in [-0.25, -0.2) is 15.0 Å². The SMILES string of the molecule is c1ccc(-c2ccc(-c3ccccc3)c(-c3cnc(-c4ccc5oc6c(ccc7c6c6ccccc6n7-c6ccccc6)c5c4)c(-c4nc(-c5ccccc5)nc(-c5ccccc5)n4)c3)c2)cc1. The first-order valence-electron chi connectivity index (χ1n) is 22.8. The summed E-state index contributed by atoms with van der Waals surface area (Å²) in [6, 6.07) is 80.0. The fourth-order valence-electron chi connectivity index (χ4n) is 9.69. The first-order valence-corrected chi connectivity index (χ1v) is 22.8. The monoisotopic (exact) mass is 869 g/mol. The second-order valence-electron chi connectivity index (χ2n) is 17.0. The molecule has 0 aliphatic heterocycles. The highest BCUT2D eigenvalue weighted by Gasteiger charge is 2.23. The van der Waals surface area contributed by atoms with Crippen LogP contribution in [-0.2, 0) is 0 Å². The van der Waals surface area contributed by atoms with Crippen LogP contribution in [0.25, 0.3) is 128 Å². The van der Waals surface area contributed by atoms with E-state index in [1.165, 1.54) is 0 Å². The van der Waals surface area contributed by atoms with Crippen molar-refractivity contribution >= 4 is 43.7 Å². The number of pyridine rings is 1. The van der Waals surface area contributed by atoms with Gasteiger partial charge in [0.15, 0.2) is 17.5 Å². The van der Waals surface area contributed by atoms with Gasteiger partial charge in [0.25, 0.3) is 0 Å². The normalized spacial score (nSPS) is 11.5. The standard InChI is InChI=1S/C62H39N5O/c1-6-18-40(19-7-1)44-30-32-48(41-20-8-2-9-21-41)51(36-44)46-38-53(62-65-60(42-22-10-3-11-23-42)64-61(66-62)43-24-12-4-13-25-43)58(63-39-46)45-31-35-56-52(37-45)49-33-34-55-57(59(49)68-56)50-28-16-17-29-54(50)67(55)47-26-14-5-15-27-47/h1-39H. The van der Waals surface area contributed by atoms with E-state index in [0.29, 0.717) is 17.5 Å². The molecule has 0 saturated heterocycles. The summed E-state index contributed by atoms with van der Waals surface area (Å²) in [5.74, 6) is 1.68. The third kappa shape index (κ3) is 6.74. The van der Waals surface area contributed by atoms with E-state index in [0.717, 1.165) is 111 Å². The van der Waals surface area contributed by atoms with Gasteiger partial charge in [0.2, 0.25) is 0 Å². The van der Waals surface area contributed by atoms with Crippen molar-refractivity contribution in [1.82, 2.24) is 24.5 Å². The molecule has 0 N–H and O–H groups in total.